The Morgan fingerprint density at radius 1 is 0.906 bits per heavy atom. The van der Waals surface area contributed by atoms with E-state index in [1.54, 1.807) is 12.1 Å². The van der Waals surface area contributed by atoms with Crippen LogP contribution in [0.1, 0.15) is 36.5 Å². The van der Waals surface area contributed by atoms with Crippen molar-refractivity contribution in [2.75, 3.05) is 16.6 Å². The van der Waals surface area contributed by atoms with E-state index in [0.29, 0.717) is 11.4 Å². The van der Waals surface area contributed by atoms with Gasteiger partial charge in [-0.25, -0.2) is 8.42 Å². The highest BCUT2D eigenvalue weighted by atomic mass is 32.2. The number of hydrogen-bond donors (Lipinski definition) is 2. The number of hydrogen-bond acceptors (Lipinski definition) is 4. The summed E-state index contributed by atoms with van der Waals surface area (Å²) < 4.78 is 33.4. The Hall–Kier alpha value is -3.32. The van der Waals surface area contributed by atoms with Crippen molar-refractivity contribution in [2.24, 2.45) is 0 Å². The average Bonchev–Trinajstić information content (AvgIpc) is 2.75. The largest absolute Gasteiger partial charge is 0.484 e. The van der Waals surface area contributed by atoms with Crippen LogP contribution in [-0.4, -0.2) is 20.9 Å². The number of sulfonamides is 1. The van der Waals surface area contributed by atoms with Gasteiger partial charge in [-0.1, -0.05) is 50.2 Å². The molecule has 0 aliphatic rings. The van der Waals surface area contributed by atoms with Gasteiger partial charge in [0.15, 0.2) is 6.61 Å². The van der Waals surface area contributed by atoms with Crippen LogP contribution in [0.2, 0.25) is 0 Å². The molecule has 32 heavy (non-hydrogen) atoms. The number of anilines is 2. The first-order valence-electron chi connectivity index (χ1n) is 10.4. The minimum Gasteiger partial charge on any atom is -0.484 e. The molecule has 0 aromatic heterocycles. The van der Waals surface area contributed by atoms with Crippen LogP contribution in [0.5, 0.6) is 5.75 Å². The first-order chi connectivity index (χ1) is 15.2. The molecule has 0 saturated heterocycles. The molecule has 0 aliphatic carbocycles. The molecule has 3 aromatic rings. The fraction of sp³-hybridized carbons (Fsp3) is 0.240. The maximum absolute atomic E-state index is 12.6. The van der Waals surface area contributed by atoms with Crippen molar-refractivity contribution in [1.82, 2.24) is 0 Å². The SMILES string of the molecule is Cc1ccccc1NS(=O)(=O)c1ccc(OCC(=O)Nc2c(C)cccc2C(C)C)cc1. The molecule has 0 saturated carbocycles. The van der Waals surface area contributed by atoms with Crippen LogP contribution < -0.4 is 14.8 Å². The van der Waals surface area contributed by atoms with Crippen LogP contribution in [-0.2, 0) is 14.8 Å². The second kappa shape index (κ2) is 9.87. The van der Waals surface area contributed by atoms with Crippen molar-refractivity contribution in [2.45, 2.75) is 38.5 Å². The van der Waals surface area contributed by atoms with Gasteiger partial charge in [-0.2, -0.15) is 0 Å². The summed E-state index contributed by atoms with van der Waals surface area (Å²) in [7, 11) is -3.73. The Kier molecular flexibility index (Phi) is 7.20. The van der Waals surface area contributed by atoms with Crippen molar-refractivity contribution >= 4 is 27.3 Å². The van der Waals surface area contributed by atoms with Crippen molar-refractivity contribution in [3.8, 4) is 5.75 Å². The third kappa shape index (κ3) is 5.68. The highest BCUT2D eigenvalue weighted by Gasteiger charge is 2.16. The number of nitrogens with one attached hydrogen (secondary N) is 2. The molecule has 0 bridgehead atoms. The molecule has 3 rings (SSSR count). The lowest BCUT2D eigenvalue weighted by Gasteiger charge is -2.16. The standard InChI is InChI=1S/C25H28N2O4S/c1-17(2)22-10-7-9-19(4)25(22)26-24(28)16-31-20-12-14-21(15-13-20)32(29,30)27-23-11-6-5-8-18(23)3/h5-15,17,27H,16H2,1-4H3,(H,26,28). The number of benzene rings is 3. The number of aryl methyl sites for hydroxylation is 2. The zero-order valence-electron chi connectivity index (χ0n) is 18.7. The van der Waals surface area contributed by atoms with Gasteiger partial charge in [-0.15, -0.1) is 0 Å². The van der Waals surface area contributed by atoms with Crippen molar-refractivity contribution in [1.29, 1.82) is 0 Å². The van der Waals surface area contributed by atoms with Gasteiger partial charge in [-0.05, 0) is 66.8 Å². The van der Waals surface area contributed by atoms with Crippen LogP contribution >= 0.6 is 0 Å². The van der Waals surface area contributed by atoms with Crippen LogP contribution in [0.3, 0.4) is 0 Å². The fourth-order valence-corrected chi connectivity index (χ4v) is 4.40. The molecule has 168 valence electrons. The molecule has 7 heteroatoms. The van der Waals surface area contributed by atoms with E-state index in [1.165, 1.54) is 24.3 Å². The zero-order chi connectivity index (χ0) is 23.3. The second-order valence-corrected chi connectivity index (χ2v) is 9.60. The molecule has 0 radical (unpaired) electrons. The van der Waals surface area contributed by atoms with E-state index in [-0.39, 0.29) is 23.3 Å². The quantitative estimate of drug-likeness (QED) is 0.489. The van der Waals surface area contributed by atoms with Crippen LogP contribution in [0.15, 0.2) is 71.6 Å². The number of carbonyl (C=O) groups excluding carboxylic acids is 1. The third-order valence-electron chi connectivity index (χ3n) is 5.08. The zero-order valence-corrected chi connectivity index (χ0v) is 19.5. The minimum atomic E-state index is -3.73. The summed E-state index contributed by atoms with van der Waals surface area (Å²) in [5.74, 6) is 0.400. The maximum atomic E-state index is 12.6. The van der Waals surface area contributed by atoms with Crippen molar-refractivity contribution < 1.29 is 17.9 Å². The lowest BCUT2D eigenvalue weighted by atomic mass is 9.98. The number of carbonyl (C=O) groups is 1. The molecule has 0 atom stereocenters. The van der Waals surface area contributed by atoms with Crippen molar-refractivity contribution in [3.05, 3.63) is 83.4 Å². The predicted molar refractivity (Wildman–Crippen MR) is 128 cm³/mol. The fourth-order valence-electron chi connectivity index (χ4n) is 3.27. The van der Waals surface area contributed by atoms with Crippen molar-refractivity contribution in [3.63, 3.8) is 0 Å². The second-order valence-electron chi connectivity index (χ2n) is 7.92. The van der Waals surface area contributed by atoms with Crippen LogP contribution in [0.4, 0.5) is 11.4 Å². The molecule has 3 aromatic carbocycles. The van der Waals surface area contributed by atoms with E-state index < -0.39 is 10.0 Å². The Morgan fingerprint density at radius 3 is 2.22 bits per heavy atom. The third-order valence-corrected chi connectivity index (χ3v) is 6.47. The van der Waals surface area contributed by atoms with Gasteiger partial charge in [0.05, 0.1) is 10.6 Å². The highest BCUT2D eigenvalue weighted by molar-refractivity contribution is 7.92. The predicted octanol–water partition coefficient (Wildman–Crippen LogP) is 5.25. The smallest absolute Gasteiger partial charge is 0.262 e. The monoisotopic (exact) mass is 452 g/mol. The van der Waals surface area contributed by atoms with Gasteiger partial charge >= 0.3 is 0 Å². The Balaban J connectivity index is 1.63. The Morgan fingerprint density at radius 2 is 1.56 bits per heavy atom. The van der Waals surface area contributed by atoms with E-state index >= 15 is 0 Å². The summed E-state index contributed by atoms with van der Waals surface area (Å²) in [4.78, 5) is 12.5. The average molecular weight is 453 g/mol. The van der Waals surface area contributed by atoms with Crippen LogP contribution in [0.25, 0.3) is 0 Å². The summed E-state index contributed by atoms with van der Waals surface area (Å²) in [6.45, 7) is 7.75. The first kappa shape index (κ1) is 23.3. The topological polar surface area (TPSA) is 84.5 Å². The molecule has 6 nitrogen and oxygen atoms in total. The molecule has 0 unspecified atom stereocenters. The summed E-state index contributed by atoms with van der Waals surface area (Å²) in [5.41, 5.74) is 4.21. The van der Waals surface area contributed by atoms with E-state index in [4.69, 9.17) is 4.74 Å². The number of para-hydroxylation sites is 2. The molecule has 0 aliphatic heterocycles. The van der Waals surface area contributed by atoms with E-state index in [9.17, 15) is 13.2 Å². The first-order valence-corrected chi connectivity index (χ1v) is 11.9. The Bertz CT molecular complexity index is 1200. The minimum absolute atomic E-state index is 0.110. The highest BCUT2D eigenvalue weighted by Crippen LogP contribution is 2.27. The van der Waals surface area contributed by atoms with E-state index in [0.717, 1.165) is 22.4 Å². The number of amides is 1. The molecule has 0 heterocycles. The number of rotatable bonds is 8. The summed E-state index contributed by atoms with van der Waals surface area (Å²) in [5, 5.41) is 2.93. The maximum Gasteiger partial charge on any atom is 0.262 e. The molecule has 0 spiro atoms. The van der Waals surface area contributed by atoms with Gasteiger partial charge in [0.2, 0.25) is 0 Å². The van der Waals surface area contributed by atoms with Gasteiger partial charge in [-0.3, -0.25) is 9.52 Å². The van der Waals surface area contributed by atoms with Crippen LogP contribution in [0, 0.1) is 13.8 Å². The molecular formula is C25H28N2O4S. The lowest BCUT2D eigenvalue weighted by molar-refractivity contribution is -0.118. The number of ether oxygens (including phenoxy) is 1. The lowest BCUT2D eigenvalue weighted by Crippen LogP contribution is -2.21. The van der Waals surface area contributed by atoms with Gasteiger partial charge in [0.1, 0.15) is 5.75 Å². The van der Waals surface area contributed by atoms with Gasteiger partial charge in [0.25, 0.3) is 15.9 Å². The molecule has 1 amide bonds. The summed E-state index contributed by atoms with van der Waals surface area (Å²) >= 11 is 0. The summed E-state index contributed by atoms with van der Waals surface area (Å²) in [6.07, 6.45) is 0. The normalized spacial score (nSPS) is 11.3. The molecule has 0 fully saturated rings. The molecule has 2 N–H and O–H groups in total. The molecular weight excluding hydrogens is 424 g/mol. The van der Waals surface area contributed by atoms with E-state index in [1.807, 2.05) is 44.2 Å². The summed E-state index contributed by atoms with van der Waals surface area (Å²) in [6, 6.07) is 19.1. The van der Waals surface area contributed by atoms with Gasteiger partial charge < -0.3 is 10.1 Å². The van der Waals surface area contributed by atoms with E-state index in [2.05, 4.69) is 23.9 Å². The van der Waals surface area contributed by atoms with Gasteiger partial charge in [0, 0.05) is 5.69 Å². The Labute approximate surface area is 189 Å².